The summed E-state index contributed by atoms with van der Waals surface area (Å²) in [4.78, 5) is 33.8. The Balaban J connectivity index is 0.000000483. The average Bonchev–Trinajstić information content (AvgIpc) is 3.67. The molecule has 0 bridgehead atoms. The second-order valence-electron chi connectivity index (χ2n) is 10.7. The third-order valence-corrected chi connectivity index (χ3v) is 9.21. The fourth-order valence-electron chi connectivity index (χ4n) is 5.40. The summed E-state index contributed by atoms with van der Waals surface area (Å²) < 4.78 is 11.5. The number of rotatable bonds is 11. The monoisotopic (exact) mass is 677 g/mol. The van der Waals surface area contributed by atoms with Gasteiger partial charge >= 0.3 is 5.97 Å². The molecule has 0 saturated heterocycles. The van der Waals surface area contributed by atoms with Crippen molar-refractivity contribution in [3.8, 4) is 0 Å². The van der Waals surface area contributed by atoms with E-state index in [1.165, 1.54) is 23.2 Å². The smallest absolute Gasteiger partial charge is 0.320 e. The zero-order valence-corrected chi connectivity index (χ0v) is 28.6. The van der Waals surface area contributed by atoms with E-state index in [4.69, 9.17) is 36.5 Å². The van der Waals surface area contributed by atoms with Crippen molar-refractivity contribution in [2.45, 2.75) is 84.4 Å². The van der Waals surface area contributed by atoms with E-state index in [2.05, 4.69) is 21.4 Å². The van der Waals surface area contributed by atoms with Crippen LogP contribution in [-0.2, 0) is 20.1 Å². The van der Waals surface area contributed by atoms with Crippen LogP contribution in [-0.4, -0.2) is 52.1 Å². The van der Waals surface area contributed by atoms with Crippen LogP contribution in [0.25, 0.3) is 0 Å². The Labute approximate surface area is 279 Å². The summed E-state index contributed by atoms with van der Waals surface area (Å²) >= 11 is 8.67. The number of thiophene rings is 1. The van der Waals surface area contributed by atoms with Gasteiger partial charge in [0, 0.05) is 22.1 Å². The van der Waals surface area contributed by atoms with Crippen molar-refractivity contribution in [2.75, 3.05) is 18.5 Å². The molecule has 0 radical (unpaired) electrons. The fourth-order valence-corrected chi connectivity index (χ4v) is 6.86. The number of hydrogen-bond donors (Lipinski definition) is 4. The number of aliphatic carboxylic acids is 1. The molecule has 246 valence electrons. The lowest BCUT2D eigenvalue weighted by molar-refractivity contribution is -0.138. The molecule has 3 aromatic rings. The zero-order chi connectivity index (χ0) is 32.9. The first-order chi connectivity index (χ1) is 21.7. The van der Waals surface area contributed by atoms with E-state index >= 15 is 0 Å². The van der Waals surface area contributed by atoms with E-state index in [0.29, 0.717) is 46.8 Å². The largest absolute Gasteiger partial charge is 0.480 e. The quantitative estimate of drug-likeness (QED) is 0.0966. The first-order valence-electron chi connectivity index (χ1n) is 15.3. The molecule has 10 nitrogen and oxygen atoms in total. The molecule has 1 aliphatic heterocycles. The number of carbonyl (C=O) groups is 2. The number of aryl methyl sites for hydroxylation is 1. The molecule has 4 unspecified atom stereocenters. The Morgan fingerprint density at radius 2 is 2.04 bits per heavy atom. The van der Waals surface area contributed by atoms with Gasteiger partial charge in [-0.1, -0.05) is 44.9 Å². The van der Waals surface area contributed by atoms with Gasteiger partial charge in [0.15, 0.2) is 0 Å². The predicted molar refractivity (Wildman–Crippen MR) is 182 cm³/mol. The van der Waals surface area contributed by atoms with E-state index in [1.807, 2.05) is 45.9 Å². The van der Waals surface area contributed by atoms with Crippen molar-refractivity contribution in [3.05, 3.63) is 73.8 Å². The van der Waals surface area contributed by atoms with E-state index < -0.39 is 12.0 Å². The molecule has 1 saturated carbocycles. The molecular formula is C32H44ClN5O5S2. The normalized spacial score (nSPS) is 19.3. The van der Waals surface area contributed by atoms with Crippen LogP contribution < -0.4 is 16.2 Å². The number of anilines is 1. The molecule has 13 heteroatoms. The minimum atomic E-state index is -0.910. The van der Waals surface area contributed by atoms with Crippen LogP contribution in [0.3, 0.4) is 0 Å². The van der Waals surface area contributed by atoms with Gasteiger partial charge in [-0.05, 0) is 79.8 Å². The number of carboxylic acids is 1. The number of nitrogens with one attached hydrogen (secondary N) is 1. The van der Waals surface area contributed by atoms with Gasteiger partial charge < -0.3 is 25.1 Å². The number of benzene rings is 1. The Kier molecular flexibility index (Phi) is 15.2. The highest BCUT2D eigenvalue weighted by Crippen LogP contribution is 2.39. The van der Waals surface area contributed by atoms with Crippen LogP contribution in [0.15, 0.2) is 36.8 Å². The average molecular weight is 678 g/mol. The molecule has 3 heterocycles. The van der Waals surface area contributed by atoms with Crippen LogP contribution in [0.5, 0.6) is 0 Å². The lowest BCUT2D eigenvalue weighted by Crippen LogP contribution is -2.29. The molecule has 5 rings (SSSR count). The van der Waals surface area contributed by atoms with E-state index in [1.54, 1.807) is 6.20 Å². The molecule has 0 spiro atoms. The highest BCUT2D eigenvalue weighted by Gasteiger charge is 2.29. The van der Waals surface area contributed by atoms with Gasteiger partial charge in [0.25, 0.3) is 0 Å². The molecule has 2 aromatic heterocycles. The third-order valence-electron chi connectivity index (χ3n) is 7.64. The number of carboxylic acid groups (broad SMARTS) is 1. The van der Waals surface area contributed by atoms with Gasteiger partial charge in [0.2, 0.25) is 5.78 Å². The van der Waals surface area contributed by atoms with Crippen LogP contribution in [0.1, 0.15) is 95.8 Å². The highest BCUT2D eigenvalue weighted by atomic mass is 35.5. The maximum atomic E-state index is 13.6. The van der Waals surface area contributed by atoms with Crippen LogP contribution in [0.4, 0.5) is 5.82 Å². The SMILES string of the molecule is CC.CCCC(N)C(=O)O.Cc1sc(C(=O)c2cncnc2NC2CCC(COSN)C2)cc1C1OCCc2ccc(Cl)cc21. The summed E-state index contributed by atoms with van der Waals surface area (Å²) in [6.07, 6.45) is 8.07. The summed E-state index contributed by atoms with van der Waals surface area (Å²) in [7, 11) is 0. The van der Waals surface area contributed by atoms with Crippen molar-refractivity contribution in [1.29, 1.82) is 0 Å². The standard InChI is InChI=1S/C25H27ClN4O3S2.C5H11NO2.C2H6/c1-14-19(24-20-9-17(26)4-3-16(20)6-7-32-24)10-22(34-14)23(31)21-11-28-13-29-25(21)30-18-5-2-15(8-18)12-33-35-27;1-2-3-4(6)5(7)8;1-2/h3-4,9-11,13,15,18,24H,2,5-8,12,27H2,1H3,(H,28,29,30);4H,2-3,6H2,1H3,(H,7,8);1-2H3. The number of ketones is 1. The molecular weight excluding hydrogens is 634 g/mol. The van der Waals surface area contributed by atoms with E-state index in [-0.39, 0.29) is 17.9 Å². The molecule has 1 aliphatic carbocycles. The summed E-state index contributed by atoms with van der Waals surface area (Å²) in [5.74, 6) is 0.0150. The second kappa shape index (κ2) is 18.5. The maximum absolute atomic E-state index is 13.6. The Hall–Kier alpha value is -2.58. The topological polar surface area (TPSA) is 163 Å². The van der Waals surface area contributed by atoms with Crippen molar-refractivity contribution >= 4 is 52.7 Å². The molecule has 6 N–H and O–H groups in total. The first-order valence-corrected chi connectivity index (χ1v) is 17.3. The number of fused-ring (bicyclic) bond motifs is 1. The van der Waals surface area contributed by atoms with Gasteiger partial charge in [-0.15, -0.1) is 11.3 Å². The van der Waals surface area contributed by atoms with Crippen LogP contribution >= 0.6 is 35.2 Å². The summed E-state index contributed by atoms with van der Waals surface area (Å²) in [5, 5.41) is 17.7. The lowest BCUT2D eigenvalue weighted by Gasteiger charge is -2.26. The number of nitrogens with two attached hydrogens (primary N) is 2. The summed E-state index contributed by atoms with van der Waals surface area (Å²) in [6, 6.07) is 7.46. The molecule has 45 heavy (non-hydrogen) atoms. The maximum Gasteiger partial charge on any atom is 0.320 e. The fraction of sp³-hybridized carbons (Fsp3) is 0.500. The molecule has 0 amide bonds. The predicted octanol–water partition coefficient (Wildman–Crippen LogP) is 6.74. The zero-order valence-electron chi connectivity index (χ0n) is 26.3. The summed E-state index contributed by atoms with van der Waals surface area (Å²) in [5.41, 5.74) is 8.91. The van der Waals surface area contributed by atoms with Crippen molar-refractivity contribution in [2.24, 2.45) is 16.8 Å². The van der Waals surface area contributed by atoms with E-state index in [0.717, 1.165) is 60.3 Å². The van der Waals surface area contributed by atoms with Crippen molar-refractivity contribution in [1.82, 2.24) is 9.97 Å². The Morgan fingerprint density at radius 3 is 2.73 bits per heavy atom. The van der Waals surface area contributed by atoms with Gasteiger partial charge in [-0.25, -0.2) is 9.97 Å². The molecule has 1 fully saturated rings. The number of ether oxygens (including phenoxy) is 1. The minimum absolute atomic E-state index is 0.0908. The lowest BCUT2D eigenvalue weighted by atomic mass is 9.93. The molecule has 2 aliphatic rings. The van der Waals surface area contributed by atoms with Crippen LogP contribution in [0.2, 0.25) is 5.02 Å². The van der Waals surface area contributed by atoms with Gasteiger partial charge in [-0.3, -0.25) is 14.7 Å². The Morgan fingerprint density at radius 1 is 1.27 bits per heavy atom. The summed E-state index contributed by atoms with van der Waals surface area (Å²) in [6.45, 7) is 9.20. The number of hydrogen-bond acceptors (Lipinski definition) is 11. The minimum Gasteiger partial charge on any atom is -0.480 e. The number of halogens is 1. The first kappa shape index (κ1) is 36.9. The number of nitrogens with zero attached hydrogens (tertiary/aromatic N) is 2. The number of aromatic nitrogens is 2. The van der Waals surface area contributed by atoms with Crippen molar-refractivity contribution in [3.63, 3.8) is 0 Å². The van der Waals surface area contributed by atoms with Gasteiger partial charge in [0.1, 0.15) is 24.3 Å². The van der Waals surface area contributed by atoms with Gasteiger partial charge in [0.05, 0.1) is 35.9 Å². The van der Waals surface area contributed by atoms with Crippen LogP contribution in [0, 0.1) is 12.8 Å². The molecule has 4 atom stereocenters. The second-order valence-corrected chi connectivity index (χ2v) is 12.8. The number of carbonyl (C=O) groups excluding carboxylic acids is 1. The highest BCUT2D eigenvalue weighted by molar-refractivity contribution is 7.92. The molecule has 1 aromatic carbocycles. The van der Waals surface area contributed by atoms with Crippen molar-refractivity contribution < 1.29 is 23.6 Å². The van der Waals surface area contributed by atoms with Gasteiger partial charge in [-0.2, -0.15) is 0 Å². The Bertz CT molecular complexity index is 1410. The third kappa shape index (κ3) is 10.2. The van der Waals surface area contributed by atoms with E-state index in [9.17, 15) is 9.59 Å².